The summed E-state index contributed by atoms with van der Waals surface area (Å²) in [6, 6.07) is 16.0. The molecule has 0 spiro atoms. The molecule has 0 saturated heterocycles. The lowest BCUT2D eigenvalue weighted by atomic mass is 9.85. The molecule has 1 aromatic carbocycles. The molecule has 1 aliphatic rings. The van der Waals surface area contributed by atoms with E-state index in [0.717, 1.165) is 13.0 Å². The quantitative estimate of drug-likeness (QED) is 0.837. The molecular formula is C17H21NS. The second-order valence-corrected chi connectivity index (χ2v) is 6.45. The lowest BCUT2D eigenvalue weighted by molar-refractivity contribution is 0.423. The number of rotatable bonds is 6. The highest BCUT2D eigenvalue weighted by atomic mass is 32.1. The maximum absolute atomic E-state index is 3.73. The highest BCUT2D eigenvalue weighted by Gasteiger charge is 2.50. The summed E-state index contributed by atoms with van der Waals surface area (Å²) in [5.74, 6) is 0. The molecule has 2 heteroatoms. The summed E-state index contributed by atoms with van der Waals surface area (Å²) in [5, 5.41) is 5.91. The zero-order valence-electron chi connectivity index (χ0n) is 11.4. The number of benzene rings is 1. The van der Waals surface area contributed by atoms with E-state index in [1.165, 1.54) is 23.3 Å². The van der Waals surface area contributed by atoms with Crippen molar-refractivity contribution in [2.24, 2.45) is 0 Å². The van der Waals surface area contributed by atoms with E-state index in [1.54, 1.807) is 0 Å². The van der Waals surface area contributed by atoms with Crippen LogP contribution in [0.15, 0.2) is 47.8 Å². The largest absolute Gasteiger partial charge is 0.313 e. The van der Waals surface area contributed by atoms with Crippen LogP contribution < -0.4 is 5.32 Å². The Balaban J connectivity index is 1.83. The number of hydrogen-bond acceptors (Lipinski definition) is 2. The zero-order chi connectivity index (χ0) is 13.1. The topological polar surface area (TPSA) is 12.0 Å². The Morgan fingerprint density at radius 1 is 1.16 bits per heavy atom. The van der Waals surface area contributed by atoms with Crippen LogP contribution in [0.25, 0.3) is 0 Å². The van der Waals surface area contributed by atoms with E-state index in [-0.39, 0.29) is 0 Å². The molecule has 1 N–H and O–H groups in total. The smallest absolute Gasteiger partial charge is 0.0212 e. The summed E-state index contributed by atoms with van der Waals surface area (Å²) in [5.41, 5.74) is 1.89. The van der Waals surface area contributed by atoms with Gasteiger partial charge in [0.1, 0.15) is 0 Å². The normalized spacial score (nSPS) is 18.2. The van der Waals surface area contributed by atoms with Crippen molar-refractivity contribution in [1.82, 2.24) is 5.32 Å². The van der Waals surface area contributed by atoms with Crippen LogP contribution in [0.2, 0.25) is 0 Å². The minimum atomic E-state index is 0.376. The van der Waals surface area contributed by atoms with Gasteiger partial charge in [0.25, 0.3) is 0 Å². The first kappa shape index (κ1) is 12.9. The maximum Gasteiger partial charge on any atom is 0.0212 e. The Bertz CT molecular complexity index is 499. The molecule has 1 atom stereocenters. The van der Waals surface area contributed by atoms with Gasteiger partial charge in [0.15, 0.2) is 0 Å². The van der Waals surface area contributed by atoms with Gasteiger partial charge in [0.05, 0.1) is 0 Å². The molecule has 19 heavy (non-hydrogen) atoms. The van der Waals surface area contributed by atoms with Gasteiger partial charge in [-0.15, -0.1) is 11.3 Å². The van der Waals surface area contributed by atoms with Gasteiger partial charge in [0, 0.05) is 16.3 Å². The highest BCUT2D eigenvalue weighted by Crippen LogP contribution is 2.51. The Morgan fingerprint density at radius 3 is 2.53 bits per heavy atom. The molecule has 3 rings (SSSR count). The molecule has 0 amide bonds. The Labute approximate surface area is 119 Å². The van der Waals surface area contributed by atoms with E-state index in [9.17, 15) is 0 Å². The van der Waals surface area contributed by atoms with Crippen molar-refractivity contribution >= 4 is 11.3 Å². The van der Waals surface area contributed by atoms with Crippen molar-refractivity contribution in [2.75, 3.05) is 6.54 Å². The van der Waals surface area contributed by atoms with Gasteiger partial charge in [-0.3, -0.25) is 0 Å². The minimum Gasteiger partial charge on any atom is -0.313 e. The van der Waals surface area contributed by atoms with E-state index >= 15 is 0 Å². The van der Waals surface area contributed by atoms with Crippen LogP contribution in [-0.4, -0.2) is 12.6 Å². The summed E-state index contributed by atoms with van der Waals surface area (Å²) < 4.78 is 0. The SMILES string of the molecule is CCNC(Cc1cccs1)C1(c2ccccc2)CC1. The van der Waals surface area contributed by atoms with Crippen LogP contribution in [0, 0.1) is 0 Å². The Hall–Kier alpha value is -1.12. The standard InChI is InChI=1S/C17H21NS/c1-2-18-16(13-15-9-6-12-19-15)17(10-11-17)14-7-4-3-5-8-14/h3-9,12,16,18H,2,10-11,13H2,1H3. The van der Waals surface area contributed by atoms with Gasteiger partial charge in [-0.05, 0) is 42.8 Å². The third-order valence-corrected chi connectivity index (χ3v) is 5.14. The second kappa shape index (κ2) is 5.48. The number of likely N-dealkylation sites (N-methyl/N-ethyl adjacent to an activating group) is 1. The van der Waals surface area contributed by atoms with Crippen molar-refractivity contribution < 1.29 is 0 Å². The molecule has 1 unspecified atom stereocenters. The lowest BCUT2D eigenvalue weighted by Crippen LogP contribution is -2.41. The van der Waals surface area contributed by atoms with E-state index in [2.05, 4.69) is 60.1 Å². The molecule has 1 aromatic heterocycles. The fourth-order valence-corrected chi connectivity index (χ4v) is 3.83. The number of hydrogen-bond donors (Lipinski definition) is 1. The van der Waals surface area contributed by atoms with E-state index < -0.39 is 0 Å². The first-order valence-electron chi connectivity index (χ1n) is 7.16. The highest BCUT2D eigenvalue weighted by molar-refractivity contribution is 7.09. The van der Waals surface area contributed by atoms with Gasteiger partial charge < -0.3 is 5.32 Å². The average Bonchev–Trinajstić information content (AvgIpc) is 3.11. The van der Waals surface area contributed by atoms with Crippen molar-refractivity contribution in [1.29, 1.82) is 0 Å². The number of thiophene rings is 1. The first-order chi connectivity index (χ1) is 9.35. The molecule has 0 bridgehead atoms. The summed E-state index contributed by atoms with van der Waals surface area (Å²) in [4.78, 5) is 1.49. The van der Waals surface area contributed by atoms with Crippen LogP contribution in [0.4, 0.5) is 0 Å². The van der Waals surface area contributed by atoms with Gasteiger partial charge in [-0.2, -0.15) is 0 Å². The molecule has 0 radical (unpaired) electrons. The summed E-state index contributed by atoms with van der Waals surface area (Å²) in [6.07, 6.45) is 3.79. The first-order valence-corrected chi connectivity index (χ1v) is 8.04. The van der Waals surface area contributed by atoms with Crippen LogP contribution in [0.5, 0.6) is 0 Å². The fourth-order valence-electron chi connectivity index (χ4n) is 3.08. The molecule has 1 nitrogen and oxygen atoms in total. The van der Waals surface area contributed by atoms with Crippen molar-refractivity contribution in [3.05, 3.63) is 58.3 Å². The number of nitrogens with one attached hydrogen (secondary N) is 1. The van der Waals surface area contributed by atoms with E-state index in [1.807, 2.05) is 11.3 Å². The molecule has 2 aromatic rings. The zero-order valence-corrected chi connectivity index (χ0v) is 12.2. The third-order valence-electron chi connectivity index (χ3n) is 4.24. The molecule has 0 aliphatic heterocycles. The van der Waals surface area contributed by atoms with Crippen LogP contribution in [0.3, 0.4) is 0 Å². The minimum absolute atomic E-state index is 0.376. The molecular weight excluding hydrogens is 250 g/mol. The maximum atomic E-state index is 3.73. The molecule has 1 aliphatic carbocycles. The van der Waals surface area contributed by atoms with Gasteiger partial charge >= 0.3 is 0 Å². The average molecular weight is 271 g/mol. The Morgan fingerprint density at radius 2 is 1.95 bits per heavy atom. The molecule has 1 fully saturated rings. The predicted molar refractivity (Wildman–Crippen MR) is 82.8 cm³/mol. The molecule has 100 valence electrons. The van der Waals surface area contributed by atoms with Crippen molar-refractivity contribution in [2.45, 2.75) is 37.6 Å². The summed E-state index contributed by atoms with van der Waals surface area (Å²) >= 11 is 1.88. The predicted octanol–water partition coefficient (Wildman–Crippen LogP) is 4.00. The van der Waals surface area contributed by atoms with Crippen molar-refractivity contribution in [3.63, 3.8) is 0 Å². The summed E-state index contributed by atoms with van der Waals surface area (Å²) in [7, 11) is 0. The lowest BCUT2D eigenvalue weighted by Gasteiger charge is -2.28. The third kappa shape index (κ3) is 2.60. The van der Waals surface area contributed by atoms with Gasteiger partial charge in [0.2, 0.25) is 0 Å². The molecule has 1 heterocycles. The summed E-state index contributed by atoms with van der Waals surface area (Å²) in [6.45, 7) is 3.26. The fraction of sp³-hybridized carbons (Fsp3) is 0.412. The van der Waals surface area contributed by atoms with Crippen molar-refractivity contribution in [3.8, 4) is 0 Å². The molecule has 1 saturated carbocycles. The van der Waals surface area contributed by atoms with Gasteiger partial charge in [-0.1, -0.05) is 43.3 Å². The monoisotopic (exact) mass is 271 g/mol. The van der Waals surface area contributed by atoms with Crippen LogP contribution >= 0.6 is 11.3 Å². The Kier molecular flexibility index (Phi) is 3.72. The van der Waals surface area contributed by atoms with Crippen LogP contribution in [0.1, 0.15) is 30.2 Å². The van der Waals surface area contributed by atoms with Gasteiger partial charge in [-0.25, -0.2) is 0 Å². The van der Waals surface area contributed by atoms with E-state index in [4.69, 9.17) is 0 Å². The van der Waals surface area contributed by atoms with Crippen LogP contribution in [-0.2, 0) is 11.8 Å². The van der Waals surface area contributed by atoms with E-state index in [0.29, 0.717) is 11.5 Å². The second-order valence-electron chi connectivity index (χ2n) is 5.42.